The van der Waals surface area contributed by atoms with Gasteiger partial charge in [-0.2, -0.15) is 0 Å². The van der Waals surface area contributed by atoms with Crippen molar-refractivity contribution in [1.82, 2.24) is 15.1 Å². The molecule has 3 atom stereocenters. The Kier molecular flexibility index (Phi) is 8.81. The molecule has 9 heteroatoms. The van der Waals surface area contributed by atoms with Crippen LogP contribution in [-0.4, -0.2) is 77.1 Å². The van der Waals surface area contributed by atoms with Gasteiger partial charge in [0.25, 0.3) is 0 Å². The van der Waals surface area contributed by atoms with Crippen LogP contribution in [0, 0.1) is 5.92 Å². The van der Waals surface area contributed by atoms with Crippen molar-refractivity contribution < 1.29 is 28.7 Å². The Hall–Kier alpha value is -3.88. The summed E-state index contributed by atoms with van der Waals surface area (Å²) < 4.78 is 11.4. The second-order valence-electron chi connectivity index (χ2n) is 13.1. The van der Waals surface area contributed by atoms with Crippen LogP contribution in [0.2, 0.25) is 0 Å². The normalized spacial score (nSPS) is 20.5. The van der Waals surface area contributed by atoms with Crippen LogP contribution >= 0.6 is 0 Å². The molecule has 1 N–H and O–H groups in total. The lowest BCUT2D eigenvalue weighted by Crippen LogP contribution is -2.56. The highest BCUT2D eigenvalue weighted by Crippen LogP contribution is 2.44. The lowest BCUT2D eigenvalue weighted by atomic mass is 9.98. The minimum absolute atomic E-state index is 0.0707. The number of nitrogens with one attached hydrogen (secondary N) is 1. The SMILES string of the molecule is CC(C)[C@H](NC(=O)[C@@H]1CCCN1C(=O)[C@H]1CCCN1C(=O)OCC1c2ccccc2-c2ccccc21)C(=O)OC(C)(C)C. The second-order valence-corrected chi connectivity index (χ2v) is 13.1. The first kappa shape index (κ1) is 30.6. The maximum Gasteiger partial charge on any atom is 0.410 e. The number of ether oxygens (including phenoxy) is 2. The zero-order valence-electron chi connectivity index (χ0n) is 25.8. The van der Waals surface area contributed by atoms with E-state index < -0.39 is 35.8 Å². The monoisotopic (exact) mass is 589 g/mol. The number of rotatable bonds is 7. The molecule has 2 aromatic rings. The molecule has 9 nitrogen and oxygen atoms in total. The molecule has 0 saturated carbocycles. The molecule has 230 valence electrons. The third-order valence-corrected chi connectivity index (χ3v) is 8.57. The summed E-state index contributed by atoms with van der Waals surface area (Å²) in [5.74, 6) is -1.38. The van der Waals surface area contributed by atoms with E-state index in [9.17, 15) is 19.2 Å². The van der Waals surface area contributed by atoms with Crippen molar-refractivity contribution in [1.29, 1.82) is 0 Å². The number of fused-ring (bicyclic) bond motifs is 3. The highest BCUT2D eigenvalue weighted by Gasteiger charge is 2.44. The first-order valence-corrected chi connectivity index (χ1v) is 15.4. The van der Waals surface area contributed by atoms with Crippen LogP contribution in [0.3, 0.4) is 0 Å². The Morgan fingerprint density at radius 2 is 1.42 bits per heavy atom. The predicted octanol–water partition coefficient (Wildman–Crippen LogP) is 4.87. The number of likely N-dealkylation sites (tertiary alicyclic amines) is 2. The smallest absolute Gasteiger partial charge is 0.410 e. The fourth-order valence-corrected chi connectivity index (χ4v) is 6.53. The summed E-state index contributed by atoms with van der Waals surface area (Å²) in [5, 5.41) is 2.85. The molecule has 1 aliphatic carbocycles. The van der Waals surface area contributed by atoms with Crippen LogP contribution in [0.5, 0.6) is 0 Å². The molecule has 2 aromatic carbocycles. The Balaban J connectivity index is 1.23. The number of amides is 3. The summed E-state index contributed by atoms with van der Waals surface area (Å²) in [6.45, 7) is 10.1. The van der Waals surface area contributed by atoms with E-state index in [1.165, 1.54) is 4.90 Å². The summed E-state index contributed by atoms with van der Waals surface area (Å²) in [5.41, 5.74) is 3.87. The van der Waals surface area contributed by atoms with Gasteiger partial charge >= 0.3 is 12.1 Å². The van der Waals surface area contributed by atoms with Crippen LogP contribution in [0.25, 0.3) is 11.1 Å². The molecule has 2 heterocycles. The van der Waals surface area contributed by atoms with Crippen LogP contribution in [0.15, 0.2) is 48.5 Å². The highest BCUT2D eigenvalue weighted by molar-refractivity contribution is 5.94. The van der Waals surface area contributed by atoms with Crippen molar-refractivity contribution in [3.05, 3.63) is 59.7 Å². The molecule has 0 unspecified atom stereocenters. The minimum Gasteiger partial charge on any atom is -0.458 e. The average molecular weight is 590 g/mol. The molecule has 0 spiro atoms. The molecule has 3 aliphatic rings. The third-order valence-electron chi connectivity index (χ3n) is 8.57. The molecule has 2 aliphatic heterocycles. The van der Waals surface area contributed by atoms with Crippen molar-refractivity contribution >= 4 is 23.9 Å². The Morgan fingerprint density at radius 1 is 0.860 bits per heavy atom. The molecular weight excluding hydrogens is 546 g/mol. The number of carbonyl (C=O) groups excluding carboxylic acids is 4. The zero-order chi connectivity index (χ0) is 30.9. The van der Waals surface area contributed by atoms with E-state index in [2.05, 4.69) is 29.6 Å². The predicted molar refractivity (Wildman–Crippen MR) is 162 cm³/mol. The number of nitrogens with zero attached hydrogens (tertiary/aromatic N) is 2. The van der Waals surface area contributed by atoms with Crippen molar-refractivity contribution in [2.45, 2.75) is 89.9 Å². The number of esters is 1. The van der Waals surface area contributed by atoms with Gasteiger partial charge in [-0.05, 0) is 74.6 Å². The van der Waals surface area contributed by atoms with E-state index in [1.54, 1.807) is 25.7 Å². The van der Waals surface area contributed by atoms with Gasteiger partial charge in [0.2, 0.25) is 11.8 Å². The van der Waals surface area contributed by atoms with E-state index in [-0.39, 0.29) is 30.3 Å². The molecule has 2 fully saturated rings. The van der Waals surface area contributed by atoms with Crippen molar-refractivity contribution in [3.63, 3.8) is 0 Å². The van der Waals surface area contributed by atoms with Gasteiger partial charge in [-0.25, -0.2) is 9.59 Å². The van der Waals surface area contributed by atoms with E-state index in [1.807, 2.05) is 38.1 Å². The van der Waals surface area contributed by atoms with Crippen molar-refractivity contribution in [2.24, 2.45) is 5.92 Å². The molecule has 2 saturated heterocycles. The van der Waals surface area contributed by atoms with Crippen molar-refractivity contribution in [2.75, 3.05) is 19.7 Å². The quantitative estimate of drug-likeness (QED) is 0.462. The van der Waals surface area contributed by atoms with E-state index in [0.29, 0.717) is 38.8 Å². The first-order valence-electron chi connectivity index (χ1n) is 15.4. The molecule has 43 heavy (non-hydrogen) atoms. The summed E-state index contributed by atoms with van der Waals surface area (Å²) >= 11 is 0. The highest BCUT2D eigenvalue weighted by atomic mass is 16.6. The number of benzene rings is 2. The number of hydrogen-bond acceptors (Lipinski definition) is 6. The lowest BCUT2D eigenvalue weighted by Gasteiger charge is -2.32. The van der Waals surface area contributed by atoms with Gasteiger partial charge in [-0.3, -0.25) is 14.5 Å². The molecule has 3 amide bonds. The van der Waals surface area contributed by atoms with Gasteiger partial charge in [0.05, 0.1) is 0 Å². The largest absolute Gasteiger partial charge is 0.458 e. The number of hydrogen-bond donors (Lipinski definition) is 1. The fourth-order valence-electron chi connectivity index (χ4n) is 6.53. The molecule has 0 bridgehead atoms. The summed E-state index contributed by atoms with van der Waals surface area (Å²) in [7, 11) is 0. The minimum atomic E-state index is -0.826. The summed E-state index contributed by atoms with van der Waals surface area (Å²) in [6.07, 6.45) is 1.84. The van der Waals surface area contributed by atoms with Crippen LogP contribution < -0.4 is 5.32 Å². The van der Waals surface area contributed by atoms with Gasteiger partial charge in [0.15, 0.2) is 0 Å². The molecule has 0 aromatic heterocycles. The second kappa shape index (κ2) is 12.4. The Bertz CT molecular complexity index is 1340. The van der Waals surface area contributed by atoms with Crippen molar-refractivity contribution in [3.8, 4) is 11.1 Å². The molecule has 0 radical (unpaired) electrons. The maximum atomic E-state index is 13.8. The van der Waals surface area contributed by atoms with Gasteiger partial charge in [-0.1, -0.05) is 62.4 Å². The standard InChI is InChI=1S/C34H43N3O6/c1-21(2)29(32(40)43-34(3,4)5)35-30(38)27-16-10-18-36(27)31(39)28-17-11-19-37(28)33(41)42-20-26-24-14-8-6-12-22(24)23-13-7-9-15-25(23)26/h6-9,12-15,21,26-29H,10-11,16-20H2,1-5H3,(H,35,38)/t27-,28+,29-/m0/s1. The molecular formula is C34H43N3O6. The van der Waals surface area contributed by atoms with Crippen LogP contribution in [0.4, 0.5) is 4.79 Å². The summed E-state index contributed by atoms with van der Waals surface area (Å²) in [4.78, 5) is 56.5. The van der Waals surface area contributed by atoms with E-state index >= 15 is 0 Å². The molecule has 5 rings (SSSR count). The first-order chi connectivity index (χ1) is 20.5. The summed E-state index contributed by atoms with van der Waals surface area (Å²) in [6, 6.07) is 14.1. The Morgan fingerprint density at radius 3 is 2.00 bits per heavy atom. The topological polar surface area (TPSA) is 105 Å². The average Bonchev–Trinajstić information content (AvgIpc) is 3.71. The lowest BCUT2D eigenvalue weighted by molar-refractivity contribution is -0.160. The van der Waals surface area contributed by atoms with Gasteiger partial charge < -0.3 is 19.7 Å². The van der Waals surface area contributed by atoms with Gasteiger partial charge in [0, 0.05) is 19.0 Å². The fraction of sp³-hybridized carbons (Fsp3) is 0.529. The van der Waals surface area contributed by atoms with Gasteiger partial charge in [0.1, 0.15) is 30.3 Å². The third kappa shape index (κ3) is 6.40. The van der Waals surface area contributed by atoms with Crippen LogP contribution in [-0.2, 0) is 23.9 Å². The Labute approximate surface area is 253 Å². The van der Waals surface area contributed by atoms with E-state index in [4.69, 9.17) is 9.47 Å². The van der Waals surface area contributed by atoms with Crippen LogP contribution in [0.1, 0.15) is 77.3 Å². The van der Waals surface area contributed by atoms with Gasteiger partial charge in [-0.15, -0.1) is 0 Å². The maximum absolute atomic E-state index is 13.8. The zero-order valence-corrected chi connectivity index (χ0v) is 25.8. The number of carbonyl (C=O) groups is 4. The van der Waals surface area contributed by atoms with E-state index in [0.717, 1.165) is 22.3 Å².